The van der Waals surface area contributed by atoms with Crippen LogP contribution in [0.15, 0.2) is 24.3 Å². The van der Waals surface area contributed by atoms with Crippen LogP contribution in [0.3, 0.4) is 0 Å². The number of nitrogens with zero attached hydrogens (tertiary/aromatic N) is 1. The van der Waals surface area contributed by atoms with E-state index in [0.29, 0.717) is 24.3 Å². The standard InChI is InChI=1S/C15H20N2O/c1-11-4-2-3-5-12(11)8-15(18)17-7-6-13-9-16-10-14(13)17/h2-5,13-14,16H,6-10H2,1H3/t13-,14+/m1/s1. The summed E-state index contributed by atoms with van der Waals surface area (Å²) in [4.78, 5) is 14.5. The highest BCUT2D eigenvalue weighted by Gasteiger charge is 2.39. The van der Waals surface area contributed by atoms with Crippen molar-refractivity contribution in [3.05, 3.63) is 35.4 Å². The van der Waals surface area contributed by atoms with Crippen molar-refractivity contribution in [1.82, 2.24) is 10.2 Å². The second-order valence-corrected chi connectivity index (χ2v) is 5.46. The zero-order valence-corrected chi connectivity index (χ0v) is 10.9. The fourth-order valence-electron chi connectivity index (χ4n) is 3.23. The summed E-state index contributed by atoms with van der Waals surface area (Å²) in [5.41, 5.74) is 2.38. The first-order chi connectivity index (χ1) is 8.75. The number of likely N-dealkylation sites (tertiary alicyclic amines) is 1. The van der Waals surface area contributed by atoms with Crippen LogP contribution >= 0.6 is 0 Å². The summed E-state index contributed by atoms with van der Waals surface area (Å²) in [5.74, 6) is 0.978. The number of fused-ring (bicyclic) bond motifs is 1. The van der Waals surface area contributed by atoms with Gasteiger partial charge in [0.2, 0.25) is 5.91 Å². The van der Waals surface area contributed by atoms with Crippen LogP contribution in [0, 0.1) is 12.8 Å². The molecule has 2 atom stereocenters. The molecule has 2 fully saturated rings. The van der Waals surface area contributed by atoms with Gasteiger partial charge in [0.25, 0.3) is 0 Å². The lowest BCUT2D eigenvalue weighted by molar-refractivity contribution is -0.131. The molecule has 2 heterocycles. The average molecular weight is 244 g/mol. The molecule has 18 heavy (non-hydrogen) atoms. The zero-order chi connectivity index (χ0) is 12.5. The number of carbonyl (C=O) groups excluding carboxylic acids is 1. The predicted molar refractivity (Wildman–Crippen MR) is 71.4 cm³/mol. The van der Waals surface area contributed by atoms with Gasteiger partial charge in [0.05, 0.1) is 6.42 Å². The molecular formula is C15H20N2O. The largest absolute Gasteiger partial charge is 0.338 e. The molecule has 0 saturated carbocycles. The van der Waals surface area contributed by atoms with Crippen molar-refractivity contribution in [3.8, 4) is 0 Å². The highest BCUT2D eigenvalue weighted by atomic mass is 16.2. The molecule has 0 unspecified atom stereocenters. The molecule has 0 bridgehead atoms. The maximum absolute atomic E-state index is 12.4. The van der Waals surface area contributed by atoms with Crippen LogP contribution in [0.25, 0.3) is 0 Å². The molecule has 3 rings (SSSR count). The number of amides is 1. The first kappa shape index (κ1) is 11.7. The molecule has 2 aliphatic heterocycles. The molecule has 1 amide bonds. The molecule has 96 valence electrons. The van der Waals surface area contributed by atoms with E-state index < -0.39 is 0 Å². The number of benzene rings is 1. The molecule has 0 aromatic heterocycles. The van der Waals surface area contributed by atoms with Gasteiger partial charge in [-0.05, 0) is 30.4 Å². The summed E-state index contributed by atoms with van der Waals surface area (Å²) in [6, 6.07) is 8.62. The summed E-state index contributed by atoms with van der Waals surface area (Å²) in [7, 11) is 0. The highest BCUT2D eigenvalue weighted by molar-refractivity contribution is 5.79. The Labute approximate surface area is 108 Å². The van der Waals surface area contributed by atoms with E-state index >= 15 is 0 Å². The lowest BCUT2D eigenvalue weighted by Gasteiger charge is -2.23. The van der Waals surface area contributed by atoms with Gasteiger partial charge in [0, 0.05) is 25.7 Å². The maximum Gasteiger partial charge on any atom is 0.227 e. The van der Waals surface area contributed by atoms with E-state index in [1.807, 2.05) is 12.1 Å². The van der Waals surface area contributed by atoms with Gasteiger partial charge in [-0.2, -0.15) is 0 Å². The number of hydrogen-bond donors (Lipinski definition) is 1. The Bertz CT molecular complexity index is 458. The molecule has 0 radical (unpaired) electrons. The Balaban J connectivity index is 1.70. The SMILES string of the molecule is Cc1ccccc1CC(=O)N1CC[C@@H]2CNC[C@@H]21. The number of carbonyl (C=O) groups is 1. The molecule has 1 aromatic rings. The summed E-state index contributed by atoms with van der Waals surface area (Å²) in [5, 5.41) is 3.39. The number of rotatable bonds is 2. The summed E-state index contributed by atoms with van der Waals surface area (Å²) >= 11 is 0. The Morgan fingerprint density at radius 2 is 2.22 bits per heavy atom. The van der Waals surface area contributed by atoms with Crippen molar-refractivity contribution in [2.75, 3.05) is 19.6 Å². The monoisotopic (exact) mass is 244 g/mol. The van der Waals surface area contributed by atoms with E-state index in [2.05, 4.69) is 29.3 Å². The van der Waals surface area contributed by atoms with Gasteiger partial charge in [-0.25, -0.2) is 0 Å². The Kier molecular flexibility index (Phi) is 3.08. The van der Waals surface area contributed by atoms with Gasteiger partial charge >= 0.3 is 0 Å². The van der Waals surface area contributed by atoms with Crippen LogP contribution in [0.2, 0.25) is 0 Å². The predicted octanol–water partition coefficient (Wildman–Crippen LogP) is 1.36. The highest BCUT2D eigenvalue weighted by Crippen LogP contribution is 2.27. The molecule has 0 spiro atoms. The number of nitrogens with one attached hydrogen (secondary N) is 1. The number of hydrogen-bond acceptors (Lipinski definition) is 2. The smallest absolute Gasteiger partial charge is 0.227 e. The molecule has 3 nitrogen and oxygen atoms in total. The molecule has 0 aliphatic carbocycles. The van der Waals surface area contributed by atoms with Gasteiger partial charge in [-0.3, -0.25) is 4.79 Å². The minimum absolute atomic E-state index is 0.292. The molecule has 2 saturated heterocycles. The van der Waals surface area contributed by atoms with Crippen LogP contribution in [-0.4, -0.2) is 36.5 Å². The van der Waals surface area contributed by atoms with Gasteiger partial charge < -0.3 is 10.2 Å². The lowest BCUT2D eigenvalue weighted by atomic mass is 10.0. The summed E-state index contributed by atoms with van der Waals surface area (Å²) in [6.07, 6.45) is 1.72. The third-order valence-electron chi connectivity index (χ3n) is 4.37. The second-order valence-electron chi connectivity index (χ2n) is 5.46. The van der Waals surface area contributed by atoms with Crippen molar-refractivity contribution < 1.29 is 4.79 Å². The van der Waals surface area contributed by atoms with E-state index in [1.54, 1.807) is 0 Å². The fourth-order valence-corrected chi connectivity index (χ4v) is 3.23. The van der Waals surface area contributed by atoms with E-state index in [0.717, 1.165) is 31.6 Å². The Morgan fingerprint density at radius 1 is 1.39 bits per heavy atom. The zero-order valence-electron chi connectivity index (χ0n) is 10.9. The summed E-state index contributed by atoms with van der Waals surface area (Å²) < 4.78 is 0. The van der Waals surface area contributed by atoms with Gasteiger partial charge in [-0.15, -0.1) is 0 Å². The lowest BCUT2D eigenvalue weighted by Crippen LogP contribution is -2.40. The minimum atomic E-state index is 0.292. The van der Waals surface area contributed by atoms with Crippen LogP contribution in [0.4, 0.5) is 0 Å². The first-order valence-electron chi connectivity index (χ1n) is 6.80. The number of aryl methyl sites for hydroxylation is 1. The van der Waals surface area contributed by atoms with Crippen molar-refractivity contribution in [2.45, 2.75) is 25.8 Å². The second kappa shape index (κ2) is 4.73. The summed E-state index contributed by atoms with van der Waals surface area (Å²) in [6.45, 7) is 5.08. The van der Waals surface area contributed by atoms with Crippen molar-refractivity contribution in [2.24, 2.45) is 5.92 Å². The third-order valence-corrected chi connectivity index (χ3v) is 4.37. The van der Waals surface area contributed by atoms with E-state index in [-0.39, 0.29) is 0 Å². The molecule has 1 N–H and O–H groups in total. The van der Waals surface area contributed by atoms with Crippen LogP contribution in [0.1, 0.15) is 17.5 Å². The molecule has 2 aliphatic rings. The van der Waals surface area contributed by atoms with Crippen LogP contribution in [-0.2, 0) is 11.2 Å². The van der Waals surface area contributed by atoms with Crippen molar-refractivity contribution >= 4 is 5.91 Å². The minimum Gasteiger partial charge on any atom is -0.338 e. The van der Waals surface area contributed by atoms with Crippen LogP contribution in [0.5, 0.6) is 0 Å². The molecule has 1 aromatic carbocycles. The van der Waals surface area contributed by atoms with Crippen molar-refractivity contribution in [1.29, 1.82) is 0 Å². The third kappa shape index (κ3) is 2.03. The van der Waals surface area contributed by atoms with E-state index in [1.165, 1.54) is 5.56 Å². The Morgan fingerprint density at radius 3 is 3.06 bits per heavy atom. The van der Waals surface area contributed by atoms with E-state index in [4.69, 9.17) is 0 Å². The van der Waals surface area contributed by atoms with Gasteiger partial charge in [0.1, 0.15) is 0 Å². The topological polar surface area (TPSA) is 32.3 Å². The van der Waals surface area contributed by atoms with Gasteiger partial charge in [-0.1, -0.05) is 24.3 Å². The molecule has 3 heteroatoms. The maximum atomic E-state index is 12.4. The van der Waals surface area contributed by atoms with Crippen LogP contribution < -0.4 is 5.32 Å². The normalized spacial score (nSPS) is 26.4. The quantitative estimate of drug-likeness (QED) is 0.852. The van der Waals surface area contributed by atoms with E-state index in [9.17, 15) is 4.79 Å². The Hall–Kier alpha value is -1.35. The van der Waals surface area contributed by atoms with Crippen molar-refractivity contribution in [3.63, 3.8) is 0 Å². The first-order valence-corrected chi connectivity index (χ1v) is 6.80. The molecular weight excluding hydrogens is 224 g/mol. The fraction of sp³-hybridized carbons (Fsp3) is 0.533. The van der Waals surface area contributed by atoms with Gasteiger partial charge in [0.15, 0.2) is 0 Å². The average Bonchev–Trinajstić information content (AvgIpc) is 2.93.